The summed E-state index contributed by atoms with van der Waals surface area (Å²) in [4.78, 5) is 18.0. The van der Waals surface area contributed by atoms with E-state index in [9.17, 15) is 15.0 Å². The standard InChI is InChI=1S/C17H14N2O4/c1-9-3-2-4-13-15(9)12(16(21)19-13)8-18-10-5-6-11(17(22)23)14(20)7-10/h2-8,19-21H,1H3,(H,22,23). The Bertz CT molecular complexity index is 941. The van der Waals surface area contributed by atoms with Gasteiger partial charge in [0.15, 0.2) is 5.88 Å². The quantitative estimate of drug-likeness (QED) is 0.557. The molecule has 3 rings (SSSR count). The summed E-state index contributed by atoms with van der Waals surface area (Å²) in [6, 6.07) is 9.70. The number of hydrogen-bond acceptors (Lipinski definition) is 4. The summed E-state index contributed by atoms with van der Waals surface area (Å²) in [7, 11) is 0. The SMILES string of the molecule is Cc1cccc2[nH]c(O)c(C=Nc3ccc(C(=O)O)c(O)c3)c12. The predicted molar refractivity (Wildman–Crippen MR) is 87.0 cm³/mol. The number of nitrogens with zero attached hydrogens (tertiary/aromatic N) is 1. The molecular formula is C17H14N2O4. The van der Waals surface area contributed by atoms with Crippen molar-refractivity contribution in [3.8, 4) is 11.6 Å². The van der Waals surface area contributed by atoms with E-state index < -0.39 is 5.97 Å². The van der Waals surface area contributed by atoms with Gasteiger partial charge in [0.25, 0.3) is 0 Å². The van der Waals surface area contributed by atoms with Crippen LogP contribution < -0.4 is 0 Å². The fraction of sp³-hybridized carbons (Fsp3) is 0.0588. The minimum atomic E-state index is -1.21. The zero-order valence-corrected chi connectivity index (χ0v) is 12.2. The highest BCUT2D eigenvalue weighted by molar-refractivity contribution is 6.04. The first-order valence-electron chi connectivity index (χ1n) is 6.88. The van der Waals surface area contributed by atoms with Gasteiger partial charge in [0, 0.05) is 23.2 Å². The second-order valence-electron chi connectivity index (χ2n) is 5.15. The highest BCUT2D eigenvalue weighted by atomic mass is 16.4. The molecule has 0 saturated heterocycles. The second kappa shape index (κ2) is 5.49. The van der Waals surface area contributed by atoms with Crippen LogP contribution in [0.5, 0.6) is 11.6 Å². The van der Waals surface area contributed by atoms with Crippen molar-refractivity contribution in [3.05, 3.63) is 53.1 Å². The van der Waals surface area contributed by atoms with Gasteiger partial charge in [0.1, 0.15) is 11.3 Å². The zero-order valence-electron chi connectivity index (χ0n) is 12.2. The van der Waals surface area contributed by atoms with Crippen LogP contribution in [0.3, 0.4) is 0 Å². The maximum Gasteiger partial charge on any atom is 0.339 e. The Balaban J connectivity index is 2.02. The van der Waals surface area contributed by atoms with Crippen LogP contribution >= 0.6 is 0 Å². The average molecular weight is 310 g/mol. The van der Waals surface area contributed by atoms with Gasteiger partial charge in [0.05, 0.1) is 11.3 Å². The minimum absolute atomic E-state index is 0.00410. The van der Waals surface area contributed by atoms with Crippen LogP contribution in [0.25, 0.3) is 10.9 Å². The highest BCUT2D eigenvalue weighted by Crippen LogP contribution is 2.29. The van der Waals surface area contributed by atoms with Crippen molar-refractivity contribution in [1.29, 1.82) is 0 Å². The van der Waals surface area contributed by atoms with Crippen LogP contribution in [-0.4, -0.2) is 32.5 Å². The number of benzene rings is 2. The van der Waals surface area contributed by atoms with Gasteiger partial charge >= 0.3 is 5.97 Å². The molecule has 6 heteroatoms. The van der Waals surface area contributed by atoms with Gasteiger partial charge in [-0.15, -0.1) is 0 Å². The lowest BCUT2D eigenvalue weighted by Crippen LogP contribution is -1.95. The summed E-state index contributed by atoms with van der Waals surface area (Å²) >= 11 is 0. The number of aromatic amines is 1. The summed E-state index contributed by atoms with van der Waals surface area (Å²) in [6.45, 7) is 1.93. The third-order valence-corrected chi connectivity index (χ3v) is 3.60. The lowest BCUT2D eigenvalue weighted by molar-refractivity contribution is 0.0694. The zero-order chi connectivity index (χ0) is 16.6. The van der Waals surface area contributed by atoms with Gasteiger partial charge in [-0.1, -0.05) is 12.1 Å². The lowest BCUT2D eigenvalue weighted by Gasteiger charge is -2.01. The molecule has 0 fully saturated rings. The number of aromatic nitrogens is 1. The van der Waals surface area contributed by atoms with Gasteiger partial charge in [-0.05, 0) is 30.7 Å². The number of aromatic hydroxyl groups is 2. The van der Waals surface area contributed by atoms with Crippen LogP contribution in [-0.2, 0) is 0 Å². The van der Waals surface area contributed by atoms with Crippen molar-refractivity contribution >= 4 is 28.8 Å². The fourth-order valence-electron chi connectivity index (χ4n) is 2.49. The Morgan fingerprint density at radius 2 is 2.00 bits per heavy atom. The molecule has 6 nitrogen and oxygen atoms in total. The Hall–Kier alpha value is -3.28. The van der Waals surface area contributed by atoms with Crippen LogP contribution in [0.4, 0.5) is 5.69 Å². The van der Waals surface area contributed by atoms with Gasteiger partial charge < -0.3 is 20.3 Å². The second-order valence-corrected chi connectivity index (χ2v) is 5.15. The Labute approximate surface area is 131 Å². The normalized spacial score (nSPS) is 11.3. The van der Waals surface area contributed by atoms with E-state index in [1.165, 1.54) is 24.4 Å². The molecule has 0 radical (unpaired) electrons. The Kier molecular flexibility index (Phi) is 3.50. The predicted octanol–water partition coefficient (Wildman–Crippen LogP) is 3.34. The molecule has 116 valence electrons. The molecule has 0 spiro atoms. The van der Waals surface area contributed by atoms with E-state index in [-0.39, 0.29) is 17.2 Å². The number of H-pyrrole nitrogens is 1. The Morgan fingerprint density at radius 3 is 2.70 bits per heavy atom. The van der Waals surface area contributed by atoms with Crippen molar-refractivity contribution in [3.63, 3.8) is 0 Å². The summed E-state index contributed by atoms with van der Waals surface area (Å²) in [5.41, 5.74) is 2.53. The third-order valence-electron chi connectivity index (χ3n) is 3.60. The van der Waals surface area contributed by atoms with E-state index in [1.807, 2.05) is 25.1 Å². The highest BCUT2D eigenvalue weighted by Gasteiger charge is 2.12. The molecule has 0 saturated carbocycles. The number of carboxylic acids is 1. The van der Waals surface area contributed by atoms with E-state index in [2.05, 4.69) is 9.98 Å². The first-order valence-corrected chi connectivity index (χ1v) is 6.88. The topological polar surface area (TPSA) is 106 Å². The summed E-state index contributed by atoms with van der Waals surface area (Å²) in [5, 5.41) is 29.5. The molecule has 0 amide bonds. The average Bonchev–Trinajstić information content (AvgIpc) is 2.81. The monoisotopic (exact) mass is 310 g/mol. The van der Waals surface area contributed by atoms with Crippen LogP contribution in [0.1, 0.15) is 21.5 Å². The number of fused-ring (bicyclic) bond motifs is 1. The van der Waals surface area contributed by atoms with Crippen molar-refractivity contribution in [1.82, 2.24) is 4.98 Å². The van der Waals surface area contributed by atoms with Crippen molar-refractivity contribution < 1.29 is 20.1 Å². The first kappa shape index (κ1) is 14.6. The lowest BCUT2D eigenvalue weighted by atomic mass is 10.1. The molecule has 2 aromatic carbocycles. The van der Waals surface area contributed by atoms with Gasteiger partial charge in [-0.3, -0.25) is 4.99 Å². The molecule has 0 unspecified atom stereocenters. The molecule has 0 bridgehead atoms. The minimum Gasteiger partial charge on any atom is -0.507 e. The molecule has 1 heterocycles. The molecule has 3 aromatic rings. The van der Waals surface area contributed by atoms with E-state index in [4.69, 9.17) is 5.11 Å². The number of nitrogens with one attached hydrogen (secondary N) is 1. The maximum atomic E-state index is 10.9. The van der Waals surface area contributed by atoms with Crippen LogP contribution in [0, 0.1) is 6.92 Å². The molecule has 0 aliphatic carbocycles. The molecular weight excluding hydrogens is 296 g/mol. The Morgan fingerprint density at radius 1 is 1.22 bits per heavy atom. The van der Waals surface area contributed by atoms with Gasteiger partial charge in [0.2, 0.25) is 0 Å². The van der Waals surface area contributed by atoms with Crippen LogP contribution in [0.2, 0.25) is 0 Å². The number of hydrogen-bond donors (Lipinski definition) is 4. The van der Waals surface area contributed by atoms with Crippen LogP contribution in [0.15, 0.2) is 41.4 Å². The van der Waals surface area contributed by atoms with Crippen molar-refractivity contribution in [2.75, 3.05) is 0 Å². The third kappa shape index (κ3) is 2.62. The molecule has 4 N–H and O–H groups in total. The van der Waals surface area contributed by atoms with Gasteiger partial charge in [-0.2, -0.15) is 0 Å². The molecule has 1 aromatic heterocycles. The largest absolute Gasteiger partial charge is 0.507 e. The fourth-order valence-corrected chi connectivity index (χ4v) is 2.49. The van der Waals surface area contributed by atoms with E-state index in [0.717, 1.165) is 16.5 Å². The summed E-state index contributed by atoms with van der Waals surface area (Å²) in [6.07, 6.45) is 1.48. The number of aliphatic imine (C=N–C) groups is 1. The van der Waals surface area contributed by atoms with Crippen molar-refractivity contribution in [2.24, 2.45) is 4.99 Å². The number of rotatable bonds is 3. The number of aryl methyl sites for hydroxylation is 1. The number of phenols is 1. The summed E-state index contributed by atoms with van der Waals surface area (Å²) in [5.74, 6) is -1.56. The molecule has 0 atom stereocenters. The van der Waals surface area contributed by atoms with E-state index in [1.54, 1.807) is 0 Å². The number of carboxylic acid groups (broad SMARTS) is 1. The maximum absolute atomic E-state index is 10.9. The van der Waals surface area contributed by atoms with E-state index >= 15 is 0 Å². The van der Waals surface area contributed by atoms with Crippen molar-refractivity contribution in [2.45, 2.75) is 6.92 Å². The first-order chi connectivity index (χ1) is 11.0. The number of aromatic carboxylic acids is 1. The smallest absolute Gasteiger partial charge is 0.339 e. The number of carbonyl (C=O) groups is 1. The van der Waals surface area contributed by atoms with Gasteiger partial charge in [-0.25, -0.2) is 4.79 Å². The molecule has 23 heavy (non-hydrogen) atoms. The van der Waals surface area contributed by atoms with E-state index in [0.29, 0.717) is 11.3 Å². The molecule has 0 aliphatic rings. The summed E-state index contributed by atoms with van der Waals surface area (Å²) < 4.78 is 0. The molecule has 0 aliphatic heterocycles.